The SMILES string of the molecule is CCCCCCCCCCCCCCCCCC(=O)O[C@H](COC(=O)CCCCCCCCCCCCC(C)CC)COP(=O)(O)OC[C@@H](O)COP(=O)(O)OC[C@@H](COC(=O)CCCCCCCCC(C)C)OC(=O)CCCCCCCCCCCCCCC. The molecule has 540 valence electrons. The fourth-order valence-corrected chi connectivity index (χ4v) is 12.5. The number of phosphoric acid groups is 2. The second-order valence-corrected chi connectivity index (χ2v) is 29.6. The molecule has 0 aromatic heterocycles. The van der Waals surface area contributed by atoms with Gasteiger partial charge in [-0.1, -0.05) is 318 Å². The summed E-state index contributed by atoms with van der Waals surface area (Å²) in [5.41, 5.74) is 0. The molecule has 0 spiro atoms. The highest BCUT2D eigenvalue weighted by Gasteiger charge is 2.30. The van der Waals surface area contributed by atoms with Gasteiger partial charge in [0, 0.05) is 25.7 Å². The van der Waals surface area contributed by atoms with Crippen molar-refractivity contribution >= 4 is 39.5 Å². The Morgan fingerprint density at radius 3 is 0.835 bits per heavy atom. The van der Waals surface area contributed by atoms with Gasteiger partial charge in [-0.15, -0.1) is 0 Å². The Labute approximate surface area is 556 Å². The Morgan fingerprint density at radius 2 is 0.560 bits per heavy atom. The summed E-state index contributed by atoms with van der Waals surface area (Å²) in [5, 5.41) is 10.6. The topological polar surface area (TPSA) is 237 Å². The van der Waals surface area contributed by atoms with E-state index in [1.807, 2.05) is 0 Å². The number of rotatable bonds is 71. The lowest BCUT2D eigenvalue weighted by molar-refractivity contribution is -0.161. The summed E-state index contributed by atoms with van der Waals surface area (Å²) in [6, 6.07) is 0. The Bertz CT molecular complexity index is 1770. The zero-order chi connectivity index (χ0) is 67.2. The number of carbonyl (C=O) groups excluding carboxylic acids is 4. The van der Waals surface area contributed by atoms with Crippen LogP contribution in [0.25, 0.3) is 0 Å². The first-order chi connectivity index (χ1) is 43.9. The molecule has 0 saturated heterocycles. The first-order valence-corrected chi connectivity index (χ1v) is 40.5. The van der Waals surface area contributed by atoms with E-state index in [0.29, 0.717) is 31.6 Å². The molecule has 0 aliphatic rings. The predicted octanol–water partition coefficient (Wildman–Crippen LogP) is 20.8. The van der Waals surface area contributed by atoms with E-state index in [1.54, 1.807) is 0 Å². The van der Waals surface area contributed by atoms with Crippen LogP contribution in [0.15, 0.2) is 0 Å². The van der Waals surface area contributed by atoms with Crippen LogP contribution < -0.4 is 0 Å². The zero-order valence-corrected chi connectivity index (χ0v) is 60.9. The smallest absolute Gasteiger partial charge is 0.462 e. The average molecular weight is 1340 g/mol. The number of unbranched alkanes of at least 4 members (excludes halogenated alkanes) is 40. The number of carbonyl (C=O) groups is 4. The quantitative estimate of drug-likeness (QED) is 0.0222. The normalized spacial score (nSPS) is 14.4. The molecular formula is C72H140O17P2. The maximum atomic E-state index is 13.0. The van der Waals surface area contributed by atoms with Crippen LogP contribution in [0, 0.1) is 11.8 Å². The van der Waals surface area contributed by atoms with Gasteiger partial charge in [-0.3, -0.25) is 37.3 Å². The van der Waals surface area contributed by atoms with Crippen molar-refractivity contribution < 1.29 is 80.2 Å². The maximum absolute atomic E-state index is 13.0. The molecule has 0 aromatic rings. The molecule has 0 amide bonds. The Hall–Kier alpha value is -1.94. The summed E-state index contributed by atoms with van der Waals surface area (Å²) in [6.45, 7) is 9.52. The van der Waals surface area contributed by atoms with Crippen molar-refractivity contribution in [3.63, 3.8) is 0 Å². The van der Waals surface area contributed by atoms with Crippen molar-refractivity contribution in [2.75, 3.05) is 39.6 Å². The molecule has 0 saturated carbocycles. The third-order valence-electron chi connectivity index (χ3n) is 17.1. The van der Waals surface area contributed by atoms with Crippen LogP contribution in [-0.4, -0.2) is 96.7 Å². The average Bonchev–Trinajstić information content (AvgIpc) is 3.47. The van der Waals surface area contributed by atoms with Crippen molar-refractivity contribution in [1.82, 2.24) is 0 Å². The van der Waals surface area contributed by atoms with Crippen LogP contribution >= 0.6 is 15.6 Å². The van der Waals surface area contributed by atoms with E-state index in [9.17, 15) is 43.2 Å². The number of aliphatic hydroxyl groups is 1. The van der Waals surface area contributed by atoms with Crippen LogP contribution in [0.2, 0.25) is 0 Å². The molecule has 0 aliphatic carbocycles. The molecule has 0 radical (unpaired) electrons. The summed E-state index contributed by atoms with van der Waals surface area (Å²) in [4.78, 5) is 72.6. The van der Waals surface area contributed by atoms with E-state index < -0.39 is 97.5 Å². The fourth-order valence-electron chi connectivity index (χ4n) is 10.9. The van der Waals surface area contributed by atoms with E-state index in [4.69, 9.17) is 37.0 Å². The molecule has 0 fully saturated rings. The lowest BCUT2D eigenvalue weighted by Gasteiger charge is -2.21. The third kappa shape index (κ3) is 65.1. The molecule has 3 unspecified atom stereocenters. The molecule has 17 nitrogen and oxygen atoms in total. The van der Waals surface area contributed by atoms with Gasteiger partial charge in [0.2, 0.25) is 0 Å². The minimum absolute atomic E-state index is 0.107. The van der Waals surface area contributed by atoms with Crippen molar-refractivity contribution in [2.45, 2.75) is 387 Å². The van der Waals surface area contributed by atoms with Gasteiger partial charge in [0.15, 0.2) is 12.2 Å². The number of ether oxygens (including phenoxy) is 4. The number of aliphatic hydroxyl groups excluding tert-OH is 1. The molecular weight excluding hydrogens is 1200 g/mol. The standard InChI is InChI=1S/C72H140O17P2/c1-7-10-12-14-16-18-20-22-23-25-27-33-37-45-51-57-71(76)88-67(60-82-69(74)54-48-42-35-31-29-28-30-34-41-47-53-65(6)9-3)62-86-90(78,79)84-58-66(73)59-85-91(80,81)87-63-68(61-83-70(75)55-49-43-39-38-40-46-52-64(4)5)89-72(77)56-50-44-36-32-26-24-21-19-17-15-13-11-8-2/h64-68,73H,7-63H2,1-6H3,(H,78,79)(H,80,81)/t65?,66-,67-,68-/m1/s1. The van der Waals surface area contributed by atoms with E-state index in [2.05, 4.69) is 41.5 Å². The molecule has 0 bridgehead atoms. The van der Waals surface area contributed by atoms with Crippen LogP contribution in [0.1, 0.15) is 369 Å². The lowest BCUT2D eigenvalue weighted by Crippen LogP contribution is -2.30. The minimum Gasteiger partial charge on any atom is -0.462 e. The molecule has 3 N–H and O–H groups in total. The third-order valence-corrected chi connectivity index (χ3v) is 19.0. The van der Waals surface area contributed by atoms with E-state index in [0.717, 1.165) is 102 Å². The van der Waals surface area contributed by atoms with Gasteiger partial charge in [0.1, 0.15) is 19.3 Å². The van der Waals surface area contributed by atoms with Gasteiger partial charge < -0.3 is 33.8 Å². The molecule has 0 rings (SSSR count). The highest BCUT2D eigenvalue weighted by molar-refractivity contribution is 7.47. The minimum atomic E-state index is -4.95. The summed E-state index contributed by atoms with van der Waals surface area (Å²) >= 11 is 0. The van der Waals surface area contributed by atoms with Crippen molar-refractivity contribution in [3.05, 3.63) is 0 Å². The summed E-state index contributed by atoms with van der Waals surface area (Å²) in [6.07, 6.45) is 49.9. The summed E-state index contributed by atoms with van der Waals surface area (Å²) in [7, 11) is -9.90. The van der Waals surface area contributed by atoms with Gasteiger partial charge in [0.05, 0.1) is 26.4 Å². The summed E-state index contributed by atoms with van der Waals surface area (Å²) < 4.78 is 68.4. The zero-order valence-electron chi connectivity index (χ0n) is 59.1. The molecule has 91 heavy (non-hydrogen) atoms. The first-order valence-electron chi connectivity index (χ1n) is 37.5. The van der Waals surface area contributed by atoms with Crippen LogP contribution in [0.4, 0.5) is 0 Å². The van der Waals surface area contributed by atoms with Gasteiger partial charge in [0.25, 0.3) is 0 Å². The van der Waals surface area contributed by atoms with Gasteiger partial charge >= 0.3 is 39.5 Å². The van der Waals surface area contributed by atoms with Crippen LogP contribution in [-0.2, 0) is 65.4 Å². The molecule has 0 heterocycles. The van der Waals surface area contributed by atoms with E-state index >= 15 is 0 Å². The van der Waals surface area contributed by atoms with Gasteiger partial charge in [-0.2, -0.15) is 0 Å². The van der Waals surface area contributed by atoms with Crippen molar-refractivity contribution in [1.29, 1.82) is 0 Å². The molecule has 19 heteroatoms. The highest BCUT2D eigenvalue weighted by atomic mass is 31.2. The predicted molar refractivity (Wildman–Crippen MR) is 368 cm³/mol. The maximum Gasteiger partial charge on any atom is 0.472 e. The number of esters is 4. The highest BCUT2D eigenvalue weighted by Crippen LogP contribution is 2.45. The molecule has 0 aromatic carbocycles. The van der Waals surface area contributed by atoms with E-state index in [1.165, 1.54) is 180 Å². The molecule has 6 atom stereocenters. The van der Waals surface area contributed by atoms with Gasteiger partial charge in [-0.25, -0.2) is 9.13 Å². The number of hydrogen-bond donors (Lipinski definition) is 3. The number of hydrogen-bond acceptors (Lipinski definition) is 15. The second-order valence-electron chi connectivity index (χ2n) is 26.7. The van der Waals surface area contributed by atoms with Crippen molar-refractivity contribution in [3.8, 4) is 0 Å². The lowest BCUT2D eigenvalue weighted by atomic mass is 9.99. The Kier molecular flexibility index (Phi) is 62.7. The van der Waals surface area contributed by atoms with Crippen LogP contribution in [0.5, 0.6) is 0 Å². The van der Waals surface area contributed by atoms with E-state index in [-0.39, 0.29) is 25.7 Å². The van der Waals surface area contributed by atoms with Crippen LogP contribution in [0.3, 0.4) is 0 Å². The fraction of sp³-hybridized carbons (Fsp3) is 0.944. The first kappa shape index (κ1) is 89.1. The Balaban J connectivity index is 5.25. The Morgan fingerprint density at radius 1 is 0.319 bits per heavy atom. The monoisotopic (exact) mass is 1340 g/mol. The number of phosphoric ester groups is 2. The summed E-state index contributed by atoms with van der Waals surface area (Å²) in [5.74, 6) is -0.632. The van der Waals surface area contributed by atoms with Crippen molar-refractivity contribution in [2.24, 2.45) is 11.8 Å². The largest absolute Gasteiger partial charge is 0.472 e. The molecule has 0 aliphatic heterocycles. The second kappa shape index (κ2) is 64.1. The van der Waals surface area contributed by atoms with Gasteiger partial charge in [-0.05, 0) is 37.5 Å².